The second-order valence-corrected chi connectivity index (χ2v) is 7.46. The summed E-state index contributed by atoms with van der Waals surface area (Å²) in [6, 6.07) is 5.46. The van der Waals surface area contributed by atoms with Crippen molar-refractivity contribution in [2.75, 3.05) is 26.9 Å². The first-order valence-corrected chi connectivity index (χ1v) is 10.2. The van der Waals surface area contributed by atoms with E-state index in [0.717, 1.165) is 6.42 Å². The summed E-state index contributed by atoms with van der Waals surface area (Å²) >= 11 is 0. The van der Waals surface area contributed by atoms with Crippen molar-refractivity contribution in [2.24, 2.45) is 11.8 Å². The van der Waals surface area contributed by atoms with Gasteiger partial charge < -0.3 is 23.5 Å². The third-order valence-electron chi connectivity index (χ3n) is 5.50. The van der Waals surface area contributed by atoms with Gasteiger partial charge in [0.1, 0.15) is 23.1 Å². The smallest absolute Gasteiger partial charge is 0.317 e. The van der Waals surface area contributed by atoms with Crippen LogP contribution in [0.15, 0.2) is 22.7 Å². The van der Waals surface area contributed by atoms with Gasteiger partial charge in [-0.1, -0.05) is 24.2 Å². The number of Topliss-reactive ketones (excluding diaryl/α,β-unsaturated/α-hetero) is 1. The number of benzene rings is 1. The molecule has 1 aliphatic heterocycles. The lowest BCUT2D eigenvalue weighted by molar-refractivity contribution is -0.182. The van der Waals surface area contributed by atoms with Gasteiger partial charge in [-0.2, -0.15) is 0 Å². The van der Waals surface area contributed by atoms with Crippen molar-refractivity contribution in [2.45, 2.75) is 33.0 Å². The molecule has 2 aromatic rings. The number of rotatable bonds is 5. The van der Waals surface area contributed by atoms with Crippen molar-refractivity contribution < 1.29 is 33.1 Å². The minimum Gasteiger partial charge on any atom is -0.496 e. The first-order valence-electron chi connectivity index (χ1n) is 10.2. The molecule has 2 atom stereocenters. The molecule has 8 nitrogen and oxygen atoms in total. The van der Waals surface area contributed by atoms with Gasteiger partial charge in [-0.25, -0.2) is 0 Å². The number of carbonyl (C=O) groups excluding carboxylic acids is 2. The van der Waals surface area contributed by atoms with Crippen LogP contribution >= 0.6 is 0 Å². The zero-order valence-corrected chi connectivity index (χ0v) is 17.3. The highest BCUT2D eigenvalue weighted by Gasteiger charge is 2.44. The number of carbonyl (C=O) groups is 2. The second-order valence-electron chi connectivity index (χ2n) is 7.46. The summed E-state index contributed by atoms with van der Waals surface area (Å²) in [5.41, 5.74) is 1.90. The Balaban J connectivity index is 1.83. The van der Waals surface area contributed by atoms with Gasteiger partial charge in [0.2, 0.25) is 0 Å². The molecule has 1 aromatic carbocycles. The summed E-state index contributed by atoms with van der Waals surface area (Å²) in [7, 11) is 1.54. The van der Waals surface area contributed by atoms with E-state index in [-0.39, 0.29) is 18.3 Å². The molecule has 2 aliphatic rings. The Hall–Kier alpha value is -2.71. The van der Waals surface area contributed by atoms with Gasteiger partial charge in [0.25, 0.3) is 0 Å². The molecule has 0 N–H and O–H groups in total. The first-order chi connectivity index (χ1) is 14.6. The maximum absolute atomic E-state index is 13.4. The predicted octanol–water partition coefficient (Wildman–Crippen LogP) is 3.34. The lowest BCUT2D eigenvalue weighted by Crippen LogP contribution is -2.36. The average molecular weight is 415 g/mol. The SMILES string of the molecule is CCOC(=O)[C@@H]1C(=O)c2c(-c3c(OC)cccc3C3OCCCO3)noc2C[C@H]1C. The standard InChI is InChI=1S/C22H25NO7/c1-4-27-21(25)16-12(2)11-15-18(20(16)24)19(23-30-15)17-13(7-5-8-14(17)26-3)22-28-9-6-10-29-22/h5,7-8,12,16,22H,4,6,9-11H2,1-3H3/t12-,16+/m1/s1. The molecule has 0 amide bonds. The van der Waals surface area contributed by atoms with E-state index >= 15 is 0 Å². The average Bonchev–Trinajstić information content (AvgIpc) is 3.17. The van der Waals surface area contributed by atoms with Crippen LogP contribution in [0.4, 0.5) is 0 Å². The van der Waals surface area contributed by atoms with E-state index < -0.39 is 18.2 Å². The number of ether oxygens (including phenoxy) is 4. The lowest BCUT2D eigenvalue weighted by atomic mass is 9.77. The van der Waals surface area contributed by atoms with Crippen LogP contribution in [0, 0.1) is 11.8 Å². The van der Waals surface area contributed by atoms with Crippen molar-refractivity contribution in [3.05, 3.63) is 35.1 Å². The summed E-state index contributed by atoms with van der Waals surface area (Å²) in [4.78, 5) is 25.9. The van der Waals surface area contributed by atoms with Crippen LogP contribution in [0.5, 0.6) is 5.75 Å². The van der Waals surface area contributed by atoms with Crippen LogP contribution in [-0.4, -0.2) is 43.8 Å². The van der Waals surface area contributed by atoms with Crippen molar-refractivity contribution in [1.82, 2.24) is 5.16 Å². The van der Waals surface area contributed by atoms with Gasteiger partial charge in [0, 0.05) is 12.0 Å². The molecule has 1 aromatic heterocycles. The molecule has 4 rings (SSSR count). The first kappa shape index (κ1) is 20.6. The largest absolute Gasteiger partial charge is 0.496 e. The summed E-state index contributed by atoms with van der Waals surface area (Å²) in [6.07, 6.45) is 0.625. The third kappa shape index (κ3) is 3.50. The van der Waals surface area contributed by atoms with Crippen LogP contribution < -0.4 is 4.74 Å². The predicted molar refractivity (Wildman–Crippen MR) is 105 cm³/mol. The lowest BCUT2D eigenvalue weighted by Gasteiger charge is -2.27. The fourth-order valence-corrected chi connectivity index (χ4v) is 4.12. The maximum atomic E-state index is 13.4. The fraction of sp³-hybridized carbons (Fsp3) is 0.500. The minimum absolute atomic E-state index is 0.214. The molecule has 0 unspecified atom stereocenters. The van der Waals surface area contributed by atoms with E-state index in [1.165, 1.54) is 0 Å². The zero-order valence-electron chi connectivity index (χ0n) is 17.3. The number of hydrogen-bond acceptors (Lipinski definition) is 8. The van der Waals surface area contributed by atoms with Gasteiger partial charge in [-0.05, 0) is 25.3 Å². The van der Waals surface area contributed by atoms with Crippen LogP contribution in [-0.2, 0) is 25.4 Å². The topological polar surface area (TPSA) is 97.1 Å². The van der Waals surface area contributed by atoms with Crippen LogP contribution in [0.25, 0.3) is 11.3 Å². The van der Waals surface area contributed by atoms with Gasteiger partial charge >= 0.3 is 5.97 Å². The highest BCUT2D eigenvalue weighted by Crippen LogP contribution is 2.43. The molecular formula is C22H25NO7. The number of methoxy groups -OCH3 is 1. The Morgan fingerprint density at radius 2 is 2.00 bits per heavy atom. The Kier molecular flexibility index (Phi) is 5.87. The van der Waals surface area contributed by atoms with E-state index in [0.29, 0.717) is 53.5 Å². The van der Waals surface area contributed by atoms with Gasteiger partial charge in [-0.3, -0.25) is 9.59 Å². The van der Waals surface area contributed by atoms with Gasteiger partial charge in [0.15, 0.2) is 12.1 Å². The van der Waals surface area contributed by atoms with E-state index in [4.69, 9.17) is 23.5 Å². The summed E-state index contributed by atoms with van der Waals surface area (Å²) < 4.78 is 27.8. The summed E-state index contributed by atoms with van der Waals surface area (Å²) in [6.45, 7) is 4.91. The number of esters is 1. The Labute approximate surface area is 174 Å². The quantitative estimate of drug-likeness (QED) is 0.542. The molecule has 0 spiro atoms. The molecule has 8 heteroatoms. The Morgan fingerprint density at radius 1 is 1.23 bits per heavy atom. The fourth-order valence-electron chi connectivity index (χ4n) is 4.12. The molecule has 160 valence electrons. The van der Waals surface area contributed by atoms with Crippen LogP contribution in [0.3, 0.4) is 0 Å². The molecule has 2 heterocycles. The van der Waals surface area contributed by atoms with Crippen molar-refractivity contribution in [3.63, 3.8) is 0 Å². The third-order valence-corrected chi connectivity index (χ3v) is 5.50. The summed E-state index contributed by atoms with van der Waals surface area (Å²) in [5, 5.41) is 4.22. The monoisotopic (exact) mass is 415 g/mol. The van der Waals surface area contributed by atoms with Crippen molar-refractivity contribution >= 4 is 11.8 Å². The minimum atomic E-state index is -0.893. The molecule has 1 saturated heterocycles. The second kappa shape index (κ2) is 8.57. The molecule has 0 saturated carbocycles. The van der Waals surface area contributed by atoms with Crippen LogP contribution in [0.2, 0.25) is 0 Å². The molecular weight excluding hydrogens is 390 g/mol. The van der Waals surface area contributed by atoms with Crippen molar-refractivity contribution in [3.8, 4) is 17.0 Å². The number of nitrogens with zero attached hydrogens (tertiary/aromatic N) is 1. The highest BCUT2D eigenvalue weighted by molar-refractivity contribution is 6.13. The maximum Gasteiger partial charge on any atom is 0.317 e. The van der Waals surface area contributed by atoms with Crippen molar-refractivity contribution in [1.29, 1.82) is 0 Å². The number of aromatic nitrogens is 1. The normalized spacial score (nSPS) is 21.9. The molecule has 1 fully saturated rings. The van der Waals surface area contributed by atoms with Crippen LogP contribution in [0.1, 0.15) is 48.2 Å². The number of hydrogen-bond donors (Lipinski definition) is 0. The van der Waals surface area contributed by atoms with E-state index in [2.05, 4.69) is 5.16 Å². The number of fused-ring (bicyclic) bond motifs is 1. The van der Waals surface area contributed by atoms with E-state index in [1.54, 1.807) is 20.1 Å². The summed E-state index contributed by atoms with van der Waals surface area (Å²) in [5.74, 6) is -1.03. The van der Waals surface area contributed by atoms with E-state index in [9.17, 15) is 9.59 Å². The highest BCUT2D eigenvalue weighted by atomic mass is 16.7. The Morgan fingerprint density at radius 3 is 2.70 bits per heavy atom. The number of ketones is 1. The molecule has 0 radical (unpaired) electrons. The van der Waals surface area contributed by atoms with E-state index in [1.807, 2.05) is 19.1 Å². The van der Waals surface area contributed by atoms with Gasteiger partial charge in [0.05, 0.1) is 38.1 Å². The van der Waals surface area contributed by atoms with Gasteiger partial charge in [-0.15, -0.1) is 0 Å². The molecule has 0 bridgehead atoms. The molecule has 30 heavy (non-hydrogen) atoms. The molecule has 1 aliphatic carbocycles. The zero-order chi connectivity index (χ0) is 21.3. The Bertz CT molecular complexity index is 945.